The second-order valence-corrected chi connectivity index (χ2v) is 3.80. The quantitative estimate of drug-likeness (QED) is 0.726. The van der Waals surface area contributed by atoms with E-state index in [2.05, 4.69) is 37.3 Å². The zero-order chi connectivity index (χ0) is 10.5. The Balaban J connectivity index is 2.12. The van der Waals surface area contributed by atoms with Gasteiger partial charge in [0.25, 0.3) is 0 Å². The summed E-state index contributed by atoms with van der Waals surface area (Å²) >= 11 is 0. The molecule has 1 heteroatoms. The molecule has 2 aromatic rings. The van der Waals surface area contributed by atoms with Gasteiger partial charge in [-0.15, -0.1) is 0 Å². The zero-order valence-corrected chi connectivity index (χ0v) is 9.02. The number of furan rings is 1. The zero-order valence-electron chi connectivity index (χ0n) is 9.02. The summed E-state index contributed by atoms with van der Waals surface area (Å²) < 4.78 is 5.39. The molecule has 2 rings (SSSR count). The summed E-state index contributed by atoms with van der Waals surface area (Å²) in [6.07, 6.45) is 3.88. The highest BCUT2D eigenvalue weighted by Gasteiger charge is 2.10. The summed E-state index contributed by atoms with van der Waals surface area (Å²) in [5.41, 5.74) is 1.40. The van der Waals surface area contributed by atoms with E-state index in [0.29, 0.717) is 5.92 Å². The molecule has 0 bridgehead atoms. The van der Waals surface area contributed by atoms with Gasteiger partial charge in [0.15, 0.2) is 0 Å². The molecule has 0 aliphatic carbocycles. The Bertz CT molecular complexity index is 375. The van der Waals surface area contributed by atoms with Crippen LogP contribution >= 0.6 is 0 Å². The van der Waals surface area contributed by atoms with Gasteiger partial charge >= 0.3 is 0 Å². The lowest BCUT2D eigenvalue weighted by atomic mass is 9.92. The van der Waals surface area contributed by atoms with Crippen molar-refractivity contribution in [3.05, 3.63) is 60.1 Å². The van der Waals surface area contributed by atoms with Gasteiger partial charge in [0.05, 0.1) is 6.26 Å². The van der Waals surface area contributed by atoms with E-state index in [4.69, 9.17) is 4.42 Å². The Morgan fingerprint density at radius 2 is 1.87 bits per heavy atom. The molecule has 1 aromatic carbocycles. The van der Waals surface area contributed by atoms with Crippen molar-refractivity contribution in [2.24, 2.45) is 0 Å². The van der Waals surface area contributed by atoms with E-state index >= 15 is 0 Å². The molecule has 0 spiro atoms. The van der Waals surface area contributed by atoms with Gasteiger partial charge in [-0.2, -0.15) is 0 Å². The number of benzene rings is 1. The number of rotatable bonds is 4. The summed E-state index contributed by atoms with van der Waals surface area (Å²) in [6, 6.07) is 14.6. The first-order valence-electron chi connectivity index (χ1n) is 5.47. The van der Waals surface area contributed by atoms with E-state index in [1.165, 1.54) is 5.56 Å². The Labute approximate surface area is 90.7 Å². The van der Waals surface area contributed by atoms with Crippen LogP contribution in [0.25, 0.3) is 0 Å². The van der Waals surface area contributed by atoms with Crippen LogP contribution in [0, 0.1) is 0 Å². The first kappa shape index (κ1) is 10.0. The molecule has 0 radical (unpaired) electrons. The molecule has 1 unspecified atom stereocenters. The van der Waals surface area contributed by atoms with E-state index in [1.807, 2.05) is 12.1 Å². The van der Waals surface area contributed by atoms with Crippen LogP contribution in [-0.4, -0.2) is 0 Å². The van der Waals surface area contributed by atoms with Crippen LogP contribution in [0.5, 0.6) is 0 Å². The minimum atomic E-state index is 0.567. The minimum absolute atomic E-state index is 0.567. The summed E-state index contributed by atoms with van der Waals surface area (Å²) in [5, 5.41) is 0. The highest BCUT2D eigenvalue weighted by molar-refractivity contribution is 5.21. The van der Waals surface area contributed by atoms with Crippen LogP contribution in [0.3, 0.4) is 0 Å². The van der Waals surface area contributed by atoms with Crippen LogP contribution in [0.1, 0.15) is 30.6 Å². The summed E-state index contributed by atoms with van der Waals surface area (Å²) in [5.74, 6) is 1.64. The Morgan fingerprint density at radius 1 is 1.07 bits per heavy atom. The first-order valence-corrected chi connectivity index (χ1v) is 5.47. The second-order valence-electron chi connectivity index (χ2n) is 3.80. The fraction of sp³-hybridized carbons (Fsp3) is 0.286. The highest BCUT2D eigenvalue weighted by atomic mass is 16.3. The average Bonchev–Trinajstić information content (AvgIpc) is 2.80. The Hall–Kier alpha value is -1.50. The third kappa shape index (κ3) is 2.50. The molecule has 0 aliphatic rings. The summed E-state index contributed by atoms with van der Waals surface area (Å²) in [6.45, 7) is 2.22. The maximum atomic E-state index is 5.39. The van der Waals surface area contributed by atoms with Gasteiger partial charge < -0.3 is 4.42 Å². The molecular weight excluding hydrogens is 184 g/mol. The lowest BCUT2D eigenvalue weighted by molar-refractivity contribution is 0.481. The van der Waals surface area contributed by atoms with Crippen molar-refractivity contribution in [1.82, 2.24) is 0 Å². The van der Waals surface area contributed by atoms with Crippen molar-refractivity contribution in [2.75, 3.05) is 0 Å². The van der Waals surface area contributed by atoms with Gasteiger partial charge in [0.2, 0.25) is 0 Å². The maximum absolute atomic E-state index is 5.39. The fourth-order valence-electron chi connectivity index (χ4n) is 1.89. The molecule has 0 aliphatic heterocycles. The van der Waals surface area contributed by atoms with Gasteiger partial charge in [0.1, 0.15) is 5.76 Å². The molecule has 0 amide bonds. The molecule has 0 saturated heterocycles. The van der Waals surface area contributed by atoms with Crippen molar-refractivity contribution in [3.63, 3.8) is 0 Å². The van der Waals surface area contributed by atoms with E-state index in [1.54, 1.807) is 6.26 Å². The van der Waals surface area contributed by atoms with Crippen LogP contribution < -0.4 is 0 Å². The third-order valence-electron chi connectivity index (χ3n) is 2.79. The van der Waals surface area contributed by atoms with E-state index in [9.17, 15) is 0 Å². The SMILES string of the molecule is CCC(Cc1ccco1)c1ccccc1. The molecule has 1 aromatic heterocycles. The summed E-state index contributed by atoms with van der Waals surface area (Å²) in [4.78, 5) is 0. The minimum Gasteiger partial charge on any atom is -0.469 e. The monoisotopic (exact) mass is 200 g/mol. The molecule has 78 valence electrons. The van der Waals surface area contributed by atoms with Crippen LogP contribution in [0.4, 0.5) is 0 Å². The van der Waals surface area contributed by atoms with Gasteiger partial charge in [-0.1, -0.05) is 37.3 Å². The lowest BCUT2D eigenvalue weighted by Gasteiger charge is -2.13. The standard InChI is InChI=1S/C14H16O/c1-2-12(11-14-9-6-10-15-14)13-7-4-3-5-8-13/h3-10,12H,2,11H2,1H3. The van der Waals surface area contributed by atoms with Gasteiger partial charge in [-0.3, -0.25) is 0 Å². The number of hydrogen-bond acceptors (Lipinski definition) is 1. The molecule has 15 heavy (non-hydrogen) atoms. The van der Waals surface area contributed by atoms with Crippen LogP contribution in [-0.2, 0) is 6.42 Å². The summed E-state index contributed by atoms with van der Waals surface area (Å²) in [7, 11) is 0. The molecule has 0 fully saturated rings. The maximum Gasteiger partial charge on any atom is 0.104 e. The van der Waals surface area contributed by atoms with Crippen molar-refractivity contribution in [2.45, 2.75) is 25.7 Å². The predicted octanol–water partition coefficient (Wildman–Crippen LogP) is 4.02. The predicted molar refractivity (Wildman–Crippen MR) is 61.9 cm³/mol. The van der Waals surface area contributed by atoms with Gasteiger partial charge in [-0.25, -0.2) is 0 Å². The Kier molecular flexibility index (Phi) is 3.23. The largest absolute Gasteiger partial charge is 0.469 e. The van der Waals surface area contributed by atoms with Crippen molar-refractivity contribution in [1.29, 1.82) is 0 Å². The molecule has 1 heterocycles. The molecular formula is C14H16O. The average molecular weight is 200 g/mol. The fourth-order valence-corrected chi connectivity index (χ4v) is 1.89. The first-order chi connectivity index (χ1) is 7.40. The van der Waals surface area contributed by atoms with Gasteiger partial charge in [-0.05, 0) is 30.0 Å². The van der Waals surface area contributed by atoms with E-state index < -0.39 is 0 Å². The molecule has 1 atom stereocenters. The molecule has 1 nitrogen and oxygen atoms in total. The van der Waals surface area contributed by atoms with Crippen molar-refractivity contribution < 1.29 is 4.42 Å². The normalized spacial score (nSPS) is 12.6. The van der Waals surface area contributed by atoms with Crippen LogP contribution in [0.15, 0.2) is 53.1 Å². The van der Waals surface area contributed by atoms with Crippen molar-refractivity contribution >= 4 is 0 Å². The lowest BCUT2D eigenvalue weighted by Crippen LogP contribution is -2.00. The van der Waals surface area contributed by atoms with Crippen molar-refractivity contribution in [3.8, 4) is 0 Å². The topological polar surface area (TPSA) is 13.1 Å². The van der Waals surface area contributed by atoms with Gasteiger partial charge in [0, 0.05) is 6.42 Å². The molecule has 0 saturated carbocycles. The number of hydrogen-bond donors (Lipinski definition) is 0. The smallest absolute Gasteiger partial charge is 0.104 e. The van der Waals surface area contributed by atoms with Crippen LogP contribution in [0.2, 0.25) is 0 Å². The van der Waals surface area contributed by atoms with E-state index in [-0.39, 0.29) is 0 Å². The van der Waals surface area contributed by atoms with E-state index in [0.717, 1.165) is 18.6 Å². The molecule has 0 N–H and O–H groups in total. The Morgan fingerprint density at radius 3 is 2.47 bits per heavy atom. The third-order valence-corrected chi connectivity index (χ3v) is 2.79. The highest BCUT2D eigenvalue weighted by Crippen LogP contribution is 2.23. The second kappa shape index (κ2) is 4.83.